The molecule has 2 aromatic carbocycles. The van der Waals surface area contributed by atoms with Gasteiger partial charge in [-0.25, -0.2) is 9.97 Å². The average molecular weight is 766 g/mol. The summed E-state index contributed by atoms with van der Waals surface area (Å²) in [7, 11) is 0. The molecule has 2 saturated carbocycles. The molecule has 8 heteroatoms. The maximum absolute atomic E-state index is 11.3. The Balaban J connectivity index is 0.000000167. The van der Waals surface area contributed by atoms with Crippen LogP contribution < -0.4 is 0 Å². The van der Waals surface area contributed by atoms with E-state index in [9.17, 15) is 10.2 Å². The molecule has 2 N–H and O–H groups in total. The van der Waals surface area contributed by atoms with Crippen LogP contribution in [0.25, 0.3) is 11.0 Å². The van der Waals surface area contributed by atoms with E-state index in [1.165, 1.54) is 22.3 Å². The minimum Gasteiger partial charge on any atom is -0.387 e. The zero-order valence-corrected chi connectivity index (χ0v) is 33.5. The maximum atomic E-state index is 11.3. The minimum atomic E-state index is -0.452. The summed E-state index contributed by atoms with van der Waals surface area (Å²) in [6.07, 6.45) is 15.1. The molecular weight excluding hydrogens is 711 g/mol. The predicted molar refractivity (Wildman–Crippen MR) is 221 cm³/mol. The van der Waals surface area contributed by atoms with Gasteiger partial charge < -0.3 is 19.0 Å². The molecule has 0 amide bonds. The number of aliphatic hydroxyl groups is 2. The molecule has 0 saturated heterocycles. The van der Waals surface area contributed by atoms with Crippen LogP contribution in [0.4, 0.5) is 0 Å². The fraction of sp³-hybridized carbons (Fsp3) is 0.435. The summed E-state index contributed by atoms with van der Waals surface area (Å²) >= 11 is 12.0. The number of aliphatic hydroxyl groups excluding tert-OH is 2. The van der Waals surface area contributed by atoms with Crippen molar-refractivity contribution in [1.29, 1.82) is 0 Å². The van der Waals surface area contributed by atoms with E-state index in [1.807, 2.05) is 49.3 Å². The number of imidazole rings is 2. The molecule has 2 atom stereocenters. The monoisotopic (exact) mass is 764 g/mol. The molecule has 8 rings (SSSR count). The van der Waals surface area contributed by atoms with Crippen LogP contribution >= 0.6 is 23.2 Å². The fourth-order valence-electron chi connectivity index (χ4n) is 9.11. The molecule has 284 valence electrons. The Labute approximate surface area is 330 Å². The minimum absolute atomic E-state index is 0.291. The summed E-state index contributed by atoms with van der Waals surface area (Å²) in [5.41, 5.74) is 9.30. The first-order chi connectivity index (χ1) is 26.1. The Morgan fingerprint density at radius 2 is 0.870 bits per heavy atom. The number of pyridine rings is 2. The number of hydrogen-bond donors (Lipinski definition) is 2. The Morgan fingerprint density at radius 1 is 0.519 bits per heavy atom. The second-order valence-corrected chi connectivity index (χ2v) is 17.1. The first-order valence-corrected chi connectivity index (χ1v) is 20.6. The Kier molecular flexibility index (Phi) is 12.1. The zero-order chi connectivity index (χ0) is 37.9. The van der Waals surface area contributed by atoms with Crippen molar-refractivity contribution in [3.8, 4) is 0 Å². The summed E-state index contributed by atoms with van der Waals surface area (Å²) in [5, 5.41) is 24.2. The molecule has 0 spiro atoms. The lowest BCUT2D eigenvalue weighted by atomic mass is 9.75. The highest BCUT2D eigenvalue weighted by Crippen LogP contribution is 2.44. The molecular formula is C46H54Cl2N4O2. The molecule has 0 unspecified atom stereocenters. The van der Waals surface area contributed by atoms with Gasteiger partial charge in [0, 0.05) is 10.0 Å². The summed E-state index contributed by atoms with van der Waals surface area (Å²) in [4.78, 5) is 8.58. The fourth-order valence-corrected chi connectivity index (χ4v) is 9.37. The highest BCUT2D eigenvalue weighted by molar-refractivity contribution is 6.30. The van der Waals surface area contributed by atoms with Gasteiger partial charge in [-0.1, -0.05) is 87.3 Å². The van der Waals surface area contributed by atoms with Crippen molar-refractivity contribution in [3.63, 3.8) is 0 Å². The smallest absolute Gasteiger partial charge is 0.0995 e. The SMILES string of the molecule is CC(C)c1ccc2cncn2c1[C@@H](O)C1CCC(c2ccc(Cl)cc2)CC1.CC(C)c1ccc2cncn2c1[C@H](O)C1CCC(c2ccc(Cl)cc2)CC1. The first-order valence-electron chi connectivity index (χ1n) is 19.9. The van der Waals surface area contributed by atoms with Gasteiger partial charge in [-0.05, 0) is 146 Å². The van der Waals surface area contributed by atoms with Crippen LogP contribution in [0.3, 0.4) is 0 Å². The molecule has 6 aromatic rings. The number of hydrogen-bond acceptors (Lipinski definition) is 4. The number of halogens is 2. The van der Waals surface area contributed by atoms with Crippen LogP contribution in [-0.4, -0.2) is 29.0 Å². The van der Waals surface area contributed by atoms with Gasteiger partial charge in [-0.3, -0.25) is 0 Å². The second kappa shape index (κ2) is 17.0. The molecule has 0 radical (unpaired) electrons. The van der Waals surface area contributed by atoms with E-state index in [0.29, 0.717) is 35.5 Å². The van der Waals surface area contributed by atoms with Crippen LogP contribution in [0, 0.1) is 11.8 Å². The van der Waals surface area contributed by atoms with Crippen molar-refractivity contribution in [1.82, 2.24) is 18.8 Å². The summed E-state index contributed by atoms with van der Waals surface area (Å²) in [6, 6.07) is 25.0. The summed E-state index contributed by atoms with van der Waals surface area (Å²) in [5.74, 6) is 2.45. The van der Waals surface area contributed by atoms with Crippen molar-refractivity contribution >= 4 is 34.2 Å². The number of aromatic nitrogens is 4. The van der Waals surface area contributed by atoms with Crippen molar-refractivity contribution in [2.45, 2.75) is 115 Å². The van der Waals surface area contributed by atoms with E-state index in [1.54, 1.807) is 0 Å². The largest absolute Gasteiger partial charge is 0.387 e. The molecule has 0 aliphatic heterocycles. The standard InChI is InChI=1S/2C23H27ClN2O/c2*1-15(2)21-12-11-20-13-25-14-26(20)22(21)23(27)18-5-3-16(4-6-18)17-7-9-19(24)10-8-17/h2*7-16,18,23,27H,3-6H2,1-2H3/t2*16?,18?,23-/m10/s1. The lowest BCUT2D eigenvalue weighted by Gasteiger charge is -2.33. The number of benzene rings is 2. The van der Waals surface area contributed by atoms with E-state index >= 15 is 0 Å². The van der Waals surface area contributed by atoms with E-state index in [4.69, 9.17) is 23.2 Å². The Morgan fingerprint density at radius 3 is 1.20 bits per heavy atom. The van der Waals surface area contributed by atoms with Crippen LogP contribution in [-0.2, 0) is 0 Å². The van der Waals surface area contributed by atoms with Crippen molar-refractivity contribution in [2.24, 2.45) is 11.8 Å². The van der Waals surface area contributed by atoms with Gasteiger partial charge >= 0.3 is 0 Å². The van der Waals surface area contributed by atoms with Crippen molar-refractivity contribution < 1.29 is 10.2 Å². The molecule has 4 heterocycles. The third kappa shape index (κ3) is 8.28. The van der Waals surface area contributed by atoms with E-state index in [0.717, 1.165) is 83.8 Å². The van der Waals surface area contributed by atoms with Gasteiger partial charge in [0.2, 0.25) is 0 Å². The maximum Gasteiger partial charge on any atom is 0.0995 e. The Bertz CT molecular complexity index is 1970. The summed E-state index contributed by atoms with van der Waals surface area (Å²) < 4.78 is 4.15. The molecule has 0 bridgehead atoms. The van der Waals surface area contributed by atoms with Gasteiger partial charge in [0.05, 0.1) is 59.7 Å². The molecule has 2 aliphatic rings. The predicted octanol–water partition coefficient (Wildman–Crippen LogP) is 12.2. The highest BCUT2D eigenvalue weighted by atomic mass is 35.5. The van der Waals surface area contributed by atoms with E-state index in [-0.39, 0.29) is 0 Å². The van der Waals surface area contributed by atoms with Gasteiger partial charge in [-0.15, -0.1) is 0 Å². The van der Waals surface area contributed by atoms with E-state index in [2.05, 4.69) is 95.0 Å². The Hall–Kier alpha value is -3.68. The lowest BCUT2D eigenvalue weighted by molar-refractivity contribution is 0.0751. The number of nitrogens with zero attached hydrogens (tertiary/aromatic N) is 4. The lowest BCUT2D eigenvalue weighted by Crippen LogP contribution is -2.22. The topological polar surface area (TPSA) is 75.1 Å². The average Bonchev–Trinajstić information content (AvgIpc) is 3.88. The molecule has 2 fully saturated rings. The van der Waals surface area contributed by atoms with Gasteiger partial charge in [0.15, 0.2) is 0 Å². The highest BCUT2D eigenvalue weighted by Gasteiger charge is 2.32. The first kappa shape index (κ1) is 38.6. The van der Waals surface area contributed by atoms with Crippen LogP contribution in [0.5, 0.6) is 0 Å². The van der Waals surface area contributed by atoms with Gasteiger partial charge in [0.25, 0.3) is 0 Å². The summed E-state index contributed by atoms with van der Waals surface area (Å²) in [6.45, 7) is 8.75. The zero-order valence-electron chi connectivity index (χ0n) is 32.0. The second-order valence-electron chi connectivity index (χ2n) is 16.3. The number of rotatable bonds is 8. The quantitative estimate of drug-likeness (QED) is 0.162. The van der Waals surface area contributed by atoms with Crippen LogP contribution in [0.1, 0.15) is 149 Å². The van der Waals surface area contributed by atoms with Gasteiger partial charge in [0.1, 0.15) is 0 Å². The van der Waals surface area contributed by atoms with Crippen LogP contribution in [0.15, 0.2) is 97.8 Å². The molecule has 2 aliphatic carbocycles. The third-order valence-electron chi connectivity index (χ3n) is 12.2. The normalized spacial score (nSPS) is 21.7. The van der Waals surface area contributed by atoms with Crippen molar-refractivity contribution in [2.75, 3.05) is 0 Å². The third-order valence-corrected chi connectivity index (χ3v) is 12.7. The molecule has 4 aromatic heterocycles. The molecule has 54 heavy (non-hydrogen) atoms. The number of fused-ring (bicyclic) bond motifs is 2. The van der Waals surface area contributed by atoms with E-state index < -0.39 is 12.2 Å². The van der Waals surface area contributed by atoms with Crippen LogP contribution in [0.2, 0.25) is 10.0 Å². The molecule has 6 nitrogen and oxygen atoms in total. The van der Waals surface area contributed by atoms with Gasteiger partial charge in [-0.2, -0.15) is 0 Å². The van der Waals surface area contributed by atoms with Crippen molar-refractivity contribution in [3.05, 3.63) is 142 Å².